The summed E-state index contributed by atoms with van der Waals surface area (Å²) < 4.78 is 31.3. The molecule has 0 saturated heterocycles. The Morgan fingerprint density at radius 2 is 2.20 bits per heavy atom. The molecule has 1 heterocycles. The van der Waals surface area contributed by atoms with Gasteiger partial charge in [-0.25, -0.2) is 4.98 Å². The summed E-state index contributed by atoms with van der Waals surface area (Å²) in [6, 6.07) is 4.30. The molecular weight excluding hydrogens is 236 g/mol. The molecule has 0 aliphatic carbocycles. The van der Waals surface area contributed by atoms with E-state index in [4.69, 9.17) is 4.55 Å². The molecular formula is C8H8N2O3S2. The first-order valence-corrected chi connectivity index (χ1v) is 6.32. The molecule has 1 aromatic carbocycles. The Morgan fingerprint density at radius 3 is 2.80 bits per heavy atom. The fourth-order valence-corrected chi connectivity index (χ4v) is 2.61. The van der Waals surface area contributed by atoms with Gasteiger partial charge in [0.1, 0.15) is 0 Å². The van der Waals surface area contributed by atoms with E-state index in [1.165, 1.54) is 23.5 Å². The lowest BCUT2D eigenvalue weighted by Gasteiger charge is -1.94. The topological polar surface area (TPSA) is 79.3 Å². The van der Waals surface area contributed by atoms with Crippen molar-refractivity contribution in [2.75, 3.05) is 12.4 Å². The molecule has 0 bridgehead atoms. The van der Waals surface area contributed by atoms with E-state index in [9.17, 15) is 8.42 Å². The molecule has 0 aliphatic heterocycles. The fourth-order valence-electron chi connectivity index (χ4n) is 1.17. The normalized spacial score (nSPS) is 11.9. The van der Waals surface area contributed by atoms with Crippen molar-refractivity contribution >= 4 is 36.8 Å². The van der Waals surface area contributed by atoms with Crippen LogP contribution in [-0.4, -0.2) is 25.0 Å². The van der Waals surface area contributed by atoms with Crippen molar-refractivity contribution in [3.63, 3.8) is 0 Å². The van der Waals surface area contributed by atoms with Crippen LogP contribution in [0.1, 0.15) is 0 Å². The van der Waals surface area contributed by atoms with Crippen LogP contribution >= 0.6 is 11.3 Å². The summed E-state index contributed by atoms with van der Waals surface area (Å²) in [5.74, 6) is 0. The number of anilines is 1. The molecule has 0 amide bonds. The van der Waals surface area contributed by atoms with E-state index in [0.29, 0.717) is 10.6 Å². The molecule has 0 unspecified atom stereocenters. The largest absolute Gasteiger partial charge is 0.365 e. The van der Waals surface area contributed by atoms with Crippen LogP contribution in [0.15, 0.2) is 23.1 Å². The number of nitrogens with one attached hydrogen (secondary N) is 1. The third-order valence-corrected chi connectivity index (χ3v) is 3.76. The second-order valence-electron chi connectivity index (χ2n) is 2.87. The Labute approximate surface area is 90.5 Å². The van der Waals surface area contributed by atoms with Gasteiger partial charge in [0.2, 0.25) is 0 Å². The van der Waals surface area contributed by atoms with Gasteiger partial charge < -0.3 is 5.32 Å². The van der Waals surface area contributed by atoms with Gasteiger partial charge in [-0.15, -0.1) is 0 Å². The van der Waals surface area contributed by atoms with Crippen molar-refractivity contribution < 1.29 is 13.0 Å². The summed E-state index contributed by atoms with van der Waals surface area (Å²) in [7, 11) is -2.40. The van der Waals surface area contributed by atoms with Gasteiger partial charge in [0.15, 0.2) is 5.13 Å². The van der Waals surface area contributed by atoms with Crippen molar-refractivity contribution in [1.82, 2.24) is 4.98 Å². The Morgan fingerprint density at radius 1 is 1.47 bits per heavy atom. The van der Waals surface area contributed by atoms with Crippen LogP contribution in [0.4, 0.5) is 5.13 Å². The number of benzene rings is 1. The predicted molar refractivity (Wildman–Crippen MR) is 59.0 cm³/mol. The van der Waals surface area contributed by atoms with Crippen molar-refractivity contribution in [3.05, 3.63) is 18.2 Å². The first-order chi connectivity index (χ1) is 7.00. The number of thiazole rings is 1. The summed E-state index contributed by atoms with van der Waals surface area (Å²) in [4.78, 5) is 4.08. The number of hydrogen-bond donors (Lipinski definition) is 2. The van der Waals surface area contributed by atoms with Crippen LogP contribution in [0.2, 0.25) is 0 Å². The molecule has 15 heavy (non-hydrogen) atoms. The average Bonchev–Trinajstić information content (AvgIpc) is 2.57. The van der Waals surface area contributed by atoms with Gasteiger partial charge in [-0.3, -0.25) is 4.55 Å². The molecule has 0 atom stereocenters. The second kappa shape index (κ2) is 3.44. The average molecular weight is 244 g/mol. The van der Waals surface area contributed by atoms with E-state index in [0.717, 1.165) is 4.70 Å². The molecule has 2 N–H and O–H groups in total. The Bertz CT molecular complexity index is 603. The standard InChI is InChI=1S/C8H8N2O3S2/c1-9-8-10-6-3-2-5(15(11,12)13)4-7(6)14-8/h2-4H,1H3,(H,9,10)(H,11,12,13). The van der Waals surface area contributed by atoms with E-state index < -0.39 is 10.1 Å². The van der Waals surface area contributed by atoms with Crippen LogP contribution < -0.4 is 5.32 Å². The Balaban J connectivity index is 2.66. The van der Waals surface area contributed by atoms with Crippen LogP contribution in [0.3, 0.4) is 0 Å². The van der Waals surface area contributed by atoms with Crippen molar-refractivity contribution in [1.29, 1.82) is 0 Å². The van der Waals surface area contributed by atoms with E-state index in [1.807, 2.05) is 0 Å². The van der Waals surface area contributed by atoms with Gasteiger partial charge in [0, 0.05) is 7.05 Å². The van der Waals surface area contributed by atoms with Gasteiger partial charge in [0.25, 0.3) is 10.1 Å². The highest BCUT2D eigenvalue weighted by molar-refractivity contribution is 7.85. The number of aromatic nitrogens is 1. The zero-order chi connectivity index (χ0) is 11.1. The lowest BCUT2D eigenvalue weighted by molar-refractivity contribution is 0.483. The zero-order valence-corrected chi connectivity index (χ0v) is 9.39. The van der Waals surface area contributed by atoms with Crippen molar-refractivity contribution in [2.24, 2.45) is 0 Å². The van der Waals surface area contributed by atoms with E-state index in [-0.39, 0.29) is 4.90 Å². The Hall–Kier alpha value is -1.18. The quantitative estimate of drug-likeness (QED) is 0.784. The first kappa shape index (κ1) is 10.3. The van der Waals surface area contributed by atoms with E-state index in [1.54, 1.807) is 13.1 Å². The molecule has 2 aromatic rings. The summed E-state index contributed by atoms with van der Waals surface area (Å²) >= 11 is 1.33. The summed E-state index contributed by atoms with van der Waals surface area (Å²) in [5, 5.41) is 3.58. The minimum absolute atomic E-state index is 0.110. The zero-order valence-electron chi connectivity index (χ0n) is 7.76. The predicted octanol–water partition coefficient (Wildman–Crippen LogP) is 1.58. The minimum atomic E-state index is -4.13. The molecule has 0 radical (unpaired) electrons. The van der Waals surface area contributed by atoms with Crippen LogP contribution in [0, 0.1) is 0 Å². The van der Waals surface area contributed by atoms with Crippen LogP contribution in [0.5, 0.6) is 0 Å². The van der Waals surface area contributed by atoms with Gasteiger partial charge in [0.05, 0.1) is 15.1 Å². The monoisotopic (exact) mass is 244 g/mol. The number of nitrogens with zero attached hydrogens (tertiary/aromatic N) is 1. The molecule has 0 fully saturated rings. The summed E-state index contributed by atoms with van der Waals surface area (Å²) in [5.41, 5.74) is 0.705. The molecule has 2 rings (SSSR count). The highest BCUT2D eigenvalue weighted by atomic mass is 32.2. The van der Waals surface area contributed by atoms with Gasteiger partial charge in [-0.2, -0.15) is 8.42 Å². The van der Waals surface area contributed by atoms with Gasteiger partial charge in [-0.1, -0.05) is 11.3 Å². The molecule has 0 aliphatic rings. The molecule has 7 heteroatoms. The summed E-state index contributed by atoms with van der Waals surface area (Å²) in [6.07, 6.45) is 0. The molecule has 1 aromatic heterocycles. The number of hydrogen-bond acceptors (Lipinski definition) is 5. The fraction of sp³-hybridized carbons (Fsp3) is 0.125. The molecule has 5 nitrogen and oxygen atoms in total. The summed E-state index contributed by atoms with van der Waals surface area (Å²) in [6.45, 7) is 0. The lowest BCUT2D eigenvalue weighted by Crippen LogP contribution is -1.96. The molecule has 80 valence electrons. The highest BCUT2D eigenvalue weighted by Gasteiger charge is 2.11. The third kappa shape index (κ3) is 1.94. The highest BCUT2D eigenvalue weighted by Crippen LogP contribution is 2.27. The van der Waals surface area contributed by atoms with Gasteiger partial charge in [-0.05, 0) is 18.2 Å². The SMILES string of the molecule is CNc1nc2ccc(S(=O)(=O)O)cc2s1. The number of fused-ring (bicyclic) bond motifs is 1. The maximum Gasteiger partial charge on any atom is 0.294 e. The van der Waals surface area contributed by atoms with Crippen LogP contribution in [0.25, 0.3) is 10.2 Å². The first-order valence-electron chi connectivity index (χ1n) is 4.06. The maximum absolute atomic E-state index is 10.9. The third-order valence-electron chi connectivity index (χ3n) is 1.87. The maximum atomic E-state index is 10.9. The number of rotatable bonds is 2. The Kier molecular flexibility index (Phi) is 2.37. The van der Waals surface area contributed by atoms with Crippen molar-refractivity contribution in [2.45, 2.75) is 4.90 Å². The van der Waals surface area contributed by atoms with Crippen LogP contribution in [-0.2, 0) is 10.1 Å². The molecule has 0 spiro atoms. The van der Waals surface area contributed by atoms with E-state index >= 15 is 0 Å². The molecule has 0 saturated carbocycles. The van der Waals surface area contributed by atoms with E-state index in [2.05, 4.69) is 10.3 Å². The minimum Gasteiger partial charge on any atom is -0.365 e. The smallest absolute Gasteiger partial charge is 0.294 e. The van der Waals surface area contributed by atoms with Crippen molar-refractivity contribution in [3.8, 4) is 0 Å². The lowest BCUT2D eigenvalue weighted by atomic mass is 10.3. The second-order valence-corrected chi connectivity index (χ2v) is 5.33. The van der Waals surface area contributed by atoms with Gasteiger partial charge >= 0.3 is 0 Å².